The van der Waals surface area contributed by atoms with Crippen LogP contribution >= 0.6 is 0 Å². The quantitative estimate of drug-likeness (QED) is 0.798. The number of hydrogen-bond donors (Lipinski definition) is 0. The standard InChI is InChI=1S/C13H14N4O2/c1-16(2)13(19)11-5-3-10(4-6-11)8-17-9-15-14-7-12(17)18/h3-7,9H,8H2,1-2H3. The number of nitrogens with zero attached hydrogens (tertiary/aromatic N) is 4. The van der Waals surface area contributed by atoms with Crippen molar-refractivity contribution in [3.05, 3.63) is 58.3 Å². The SMILES string of the molecule is CN(C)C(=O)c1ccc(Cn2cnncc2=O)cc1. The molecule has 1 amide bonds. The summed E-state index contributed by atoms with van der Waals surface area (Å²) in [5, 5.41) is 7.17. The van der Waals surface area contributed by atoms with Crippen molar-refractivity contribution in [1.82, 2.24) is 19.7 Å². The van der Waals surface area contributed by atoms with E-state index in [0.717, 1.165) is 5.56 Å². The van der Waals surface area contributed by atoms with Gasteiger partial charge in [0, 0.05) is 19.7 Å². The highest BCUT2D eigenvalue weighted by Gasteiger charge is 2.07. The number of benzene rings is 1. The predicted octanol–water partition coefficient (Wildman–Crippen LogP) is 0.388. The van der Waals surface area contributed by atoms with Crippen molar-refractivity contribution < 1.29 is 4.79 Å². The molecule has 0 saturated carbocycles. The Balaban J connectivity index is 2.18. The number of hydrogen-bond acceptors (Lipinski definition) is 4. The molecule has 1 aromatic heterocycles. The Morgan fingerprint density at radius 1 is 1.21 bits per heavy atom. The van der Waals surface area contributed by atoms with Gasteiger partial charge in [-0.2, -0.15) is 5.10 Å². The summed E-state index contributed by atoms with van der Waals surface area (Å²) in [5.41, 5.74) is 1.34. The van der Waals surface area contributed by atoms with Gasteiger partial charge in [-0.3, -0.25) is 14.2 Å². The fraction of sp³-hybridized carbons (Fsp3) is 0.231. The van der Waals surface area contributed by atoms with E-state index in [1.807, 2.05) is 12.1 Å². The van der Waals surface area contributed by atoms with Crippen LogP contribution in [0.15, 0.2) is 41.6 Å². The number of amides is 1. The molecule has 98 valence electrons. The van der Waals surface area contributed by atoms with E-state index in [9.17, 15) is 9.59 Å². The van der Waals surface area contributed by atoms with Crippen molar-refractivity contribution in [3.8, 4) is 0 Å². The van der Waals surface area contributed by atoms with Gasteiger partial charge in [0.25, 0.3) is 11.5 Å². The minimum atomic E-state index is -0.205. The maximum Gasteiger partial charge on any atom is 0.272 e. The van der Waals surface area contributed by atoms with E-state index >= 15 is 0 Å². The van der Waals surface area contributed by atoms with Crippen molar-refractivity contribution in [3.63, 3.8) is 0 Å². The van der Waals surface area contributed by atoms with Crippen LogP contribution < -0.4 is 5.56 Å². The number of carbonyl (C=O) groups is 1. The highest BCUT2D eigenvalue weighted by atomic mass is 16.2. The summed E-state index contributed by atoms with van der Waals surface area (Å²) < 4.78 is 1.45. The average Bonchev–Trinajstić information content (AvgIpc) is 2.41. The lowest BCUT2D eigenvalue weighted by Crippen LogP contribution is -2.22. The molecule has 0 unspecified atom stereocenters. The largest absolute Gasteiger partial charge is 0.345 e. The summed E-state index contributed by atoms with van der Waals surface area (Å²) in [6, 6.07) is 7.14. The summed E-state index contributed by atoms with van der Waals surface area (Å²) in [4.78, 5) is 24.7. The molecule has 0 aliphatic rings. The highest BCUT2D eigenvalue weighted by Crippen LogP contribution is 2.07. The Hall–Kier alpha value is -2.50. The van der Waals surface area contributed by atoms with Crippen LogP contribution in [0.4, 0.5) is 0 Å². The van der Waals surface area contributed by atoms with Crippen LogP contribution in [0.1, 0.15) is 15.9 Å². The molecule has 0 aliphatic carbocycles. The topological polar surface area (TPSA) is 68.1 Å². The van der Waals surface area contributed by atoms with Gasteiger partial charge in [-0.05, 0) is 17.7 Å². The zero-order valence-corrected chi connectivity index (χ0v) is 10.8. The molecule has 2 rings (SSSR count). The minimum Gasteiger partial charge on any atom is -0.345 e. The van der Waals surface area contributed by atoms with E-state index in [-0.39, 0.29) is 11.5 Å². The minimum absolute atomic E-state index is 0.0469. The fourth-order valence-electron chi connectivity index (χ4n) is 1.63. The Morgan fingerprint density at radius 3 is 2.47 bits per heavy atom. The van der Waals surface area contributed by atoms with E-state index < -0.39 is 0 Å². The zero-order valence-electron chi connectivity index (χ0n) is 10.8. The third kappa shape index (κ3) is 3.04. The second-order valence-electron chi connectivity index (χ2n) is 4.34. The molecule has 0 bridgehead atoms. The summed E-state index contributed by atoms with van der Waals surface area (Å²) in [6.07, 6.45) is 2.56. The molecule has 6 heteroatoms. The van der Waals surface area contributed by atoms with Crippen molar-refractivity contribution in [2.24, 2.45) is 0 Å². The van der Waals surface area contributed by atoms with Crippen LogP contribution in [-0.2, 0) is 6.54 Å². The Morgan fingerprint density at radius 2 is 1.89 bits per heavy atom. The highest BCUT2D eigenvalue weighted by molar-refractivity contribution is 5.93. The molecule has 2 aromatic rings. The number of rotatable bonds is 3. The molecule has 1 heterocycles. The van der Waals surface area contributed by atoms with Gasteiger partial charge >= 0.3 is 0 Å². The van der Waals surface area contributed by atoms with E-state index in [1.165, 1.54) is 22.0 Å². The van der Waals surface area contributed by atoms with E-state index in [0.29, 0.717) is 12.1 Å². The normalized spacial score (nSPS) is 10.2. The van der Waals surface area contributed by atoms with Crippen molar-refractivity contribution >= 4 is 5.91 Å². The average molecular weight is 258 g/mol. The van der Waals surface area contributed by atoms with Gasteiger partial charge in [-0.15, -0.1) is 5.10 Å². The predicted molar refractivity (Wildman–Crippen MR) is 69.9 cm³/mol. The molecule has 0 spiro atoms. The fourth-order valence-corrected chi connectivity index (χ4v) is 1.63. The third-order valence-corrected chi connectivity index (χ3v) is 2.67. The smallest absolute Gasteiger partial charge is 0.272 e. The first kappa shape index (κ1) is 12.9. The lowest BCUT2D eigenvalue weighted by molar-refractivity contribution is 0.0827. The lowest BCUT2D eigenvalue weighted by atomic mass is 10.1. The molecular weight excluding hydrogens is 244 g/mol. The maximum atomic E-state index is 11.7. The van der Waals surface area contributed by atoms with E-state index in [1.54, 1.807) is 26.2 Å². The second-order valence-corrected chi connectivity index (χ2v) is 4.34. The van der Waals surface area contributed by atoms with E-state index in [4.69, 9.17) is 0 Å². The molecule has 0 fully saturated rings. The summed E-state index contributed by atoms with van der Waals surface area (Å²) in [5.74, 6) is -0.0469. The molecule has 0 saturated heterocycles. The van der Waals surface area contributed by atoms with Crippen LogP contribution in [0.2, 0.25) is 0 Å². The molecule has 0 aliphatic heterocycles. The van der Waals surface area contributed by atoms with Gasteiger partial charge in [-0.1, -0.05) is 12.1 Å². The summed E-state index contributed by atoms with van der Waals surface area (Å²) in [6.45, 7) is 0.408. The molecular formula is C13H14N4O2. The molecule has 1 aromatic carbocycles. The zero-order chi connectivity index (χ0) is 13.8. The third-order valence-electron chi connectivity index (χ3n) is 2.67. The van der Waals surface area contributed by atoms with Crippen LogP contribution in [0.5, 0.6) is 0 Å². The van der Waals surface area contributed by atoms with Gasteiger partial charge < -0.3 is 4.90 Å². The van der Waals surface area contributed by atoms with Crippen LogP contribution in [0.3, 0.4) is 0 Å². The molecule has 19 heavy (non-hydrogen) atoms. The molecule has 0 radical (unpaired) electrons. The van der Waals surface area contributed by atoms with Gasteiger partial charge in [-0.25, -0.2) is 0 Å². The monoisotopic (exact) mass is 258 g/mol. The first-order chi connectivity index (χ1) is 9.08. The molecule has 0 N–H and O–H groups in total. The van der Waals surface area contributed by atoms with Crippen LogP contribution in [0.25, 0.3) is 0 Å². The van der Waals surface area contributed by atoms with Gasteiger partial charge in [0.05, 0.1) is 6.54 Å². The van der Waals surface area contributed by atoms with Crippen LogP contribution in [-0.4, -0.2) is 39.7 Å². The maximum absolute atomic E-state index is 11.7. The van der Waals surface area contributed by atoms with Gasteiger partial charge in [0.2, 0.25) is 0 Å². The Kier molecular flexibility index (Phi) is 3.70. The van der Waals surface area contributed by atoms with E-state index in [2.05, 4.69) is 10.2 Å². The Labute approximate surface area is 110 Å². The van der Waals surface area contributed by atoms with Gasteiger partial charge in [0.15, 0.2) is 0 Å². The van der Waals surface area contributed by atoms with Gasteiger partial charge in [0.1, 0.15) is 12.5 Å². The molecule has 6 nitrogen and oxygen atoms in total. The van der Waals surface area contributed by atoms with Crippen molar-refractivity contribution in [2.45, 2.75) is 6.54 Å². The number of carbonyl (C=O) groups excluding carboxylic acids is 1. The first-order valence-electron chi connectivity index (χ1n) is 5.75. The summed E-state index contributed by atoms with van der Waals surface area (Å²) >= 11 is 0. The van der Waals surface area contributed by atoms with Crippen molar-refractivity contribution in [2.75, 3.05) is 14.1 Å². The second kappa shape index (κ2) is 5.43. The molecule has 0 atom stereocenters. The first-order valence-corrected chi connectivity index (χ1v) is 5.75. The Bertz CT molecular complexity index is 632. The lowest BCUT2D eigenvalue weighted by Gasteiger charge is -2.10. The number of aromatic nitrogens is 3. The van der Waals surface area contributed by atoms with Crippen LogP contribution in [0, 0.1) is 0 Å². The summed E-state index contributed by atoms with van der Waals surface area (Å²) in [7, 11) is 3.41. The van der Waals surface area contributed by atoms with Crippen molar-refractivity contribution in [1.29, 1.82) is 0 Å².